The zero-order chi connectivity index (χ0) is 56.7. The molecule has 7 atom stereocenters. The van der Waals surface area contributed by atoms with Crippen molar-refractivity contribution < 1.29 is 80.0 Å². The van der Waals surface area contributed by atoms with Gasteiger partial charge in [-0.25, -0.2) is 0 Å². The fourth-order valence-corrected chi connectivity index (χ4v) is 11.1. The maximum atomic E-state index is 14.1. The van der Waals surface area contributed by atoms with Crippen LogP contribution in [0.25, 0.3) is 0 Å². The molecule has 3 amide bonds. The number of aliphatic hydroxyl groups is 4. The molecule has 6 aromatic carbocycles. The topological polar surface area (TPSA) is 283 Å². The SMILES string of the molecule is CNC(=O)c1ccc(OC2O[C@H](CO)[C@H](O)[C@H](O)[C@H]2O)c(OS(=O)(=O)Oc2cc(COc3cc4c(cc3OC)C(=O)N3Cc5ccccc5C[C@H]3C=N4)cc(COc3cc4c(cc3OC)C(=O)N3Cc5ccccc5C[C@H]3C=N4)c2)c1. The monoisotopic (exact) mass is 1130 g/mol. The zero-order valence-corrected chi connectivity index (χ0v) is 44.6. The van der Waals surface area contributed by atoms with Crippen molar-refractivity contribution in [3.63, 3.8) is 0 Å². The fourth-order valence-electron chi connectivity index (χ4n) is 10.4. The van der Waals surface area contributed by atoms with Gasteiger partial charge in [0.25, 0.3) is 17.7 Å². The Labute approximate surface area is 464 Å². The van der Waals surface area contributed by atoms with Crippen LogP contribution < -0.4 is 37.4 Å². The van der Waals surface area contributed by atoms with Crippen molar-refractivity contribution in [2.45, 2.75) is 81.9 Å². The molecule has 5 N–H and O–H groups in total. The first kappa shape index (κ1) is 54.4. The summed E-state index contributed by atoms with van der Waals surface area (Å²) in [7, 11) is -0.989. The van der Waals surface area contributed by atoms with E-state index in [-0.39, 0.29) is 71.4 Å². The number of nitrogens with one attached hydrogen (secondary N) is 1. The molecule has 420 valence electrons. The molecule has 0 saturated carbocycles. The number of carbonyl (C=O) groups excluding carboxylic acids is 3. The number of aliphatic hydroxyl groups excluding tert-OH is 4. The average Bonchev–Trinajstić information content (AvgIpc) is 3.94. The maximum Gasteiger partial charge on any atom is 0.501 e. The summed E-state index contributed by atoms with van der Waals surface area (Å²) in [6, 6.07) is 29.5. The van der Waals surface area contributed by atoms with Crippen LogP contribution in [-0.2, 0) is 54.3 Å². The van der Waals surface area contributed by atoms with Gasteiger partial charge in [0.05, 0.1) is 55.4 Å². The normalized spacial score (nSPS) is 21.6. The Morgan fingerprint density at radius 2 is 1.17 bits per heavy atom. The Hall–Kier alpha value is -8.58. The van der Waals surface area contributed by atoms with Crippen LogP contribution in [0.3, 0.4) is 0 Å². The van der Waals surface area contributed by atoms with Crippen LogP contribution >= 0.6 is 0 Å². The lowest BCUT2D eigenvalue weighted by molar-refractivity contribution is -0.277. The third kappa shape index (κ3) is 11.1. The van der Waals surface area contributed by atoms with Gasteiger partial charge in [0.2, 0.25) is 6.29 Å². The van der Waals surface area contributed by atoms with Gasteiger partial charge in [-0.05, 0) is 94.8 Å². The number of nitrogens with zero attached hydrogens (tertiary/aromatic N) is 4. The molecule has 0 bridgehead atoms. The summed E-state index contributed by atoms with van der Waals surface area (Å²) < 4.78 is 74.7. The molecule has 5 aliphatic rings. The standard InChI is InChI=1S/C58H55N5O17S/c1-59-55(68)35-12-13-45(77-58-54(67)53(66)52(65)51(28-64)78-58)50(19-35)80-81(71,72)79-40-15-31(29-75-48-22-43-41(20-46(48)73-2)56(69)62-26-36-10-6-4-8-33(36)17-38(62)24-60-43)14-32(16-40)30-76-49-23-44-42(21-47(49)74-3)57(70)63-27-37-11-7-5-9-34(37)18-39(63)25-61-44/h4-16,19-25,38-39,51-54,58,64-67H,17-18,26-30H2,1-3H3,(H,59,68)/t38-,39-,51+,52-,53-,54+,58?/m0/s1. The summed E-state index contributed by atoms with van der Waals surface area (Å²) in [4.78, 5) is 54.1. The van der Waals surface area contributed by atoms with Crippen LogP contribution in [-0.4, -0.2) is 139 Å². The van der Waals surface area contributed by atoms with Crippen molar-refractivity contribution in [3.8, 4) is 40.2 Å². The lowest BCUT2D eigenvalue weighted by Crippen LogP contribution is -2.60. The Balaban J connectivity index is 0.895. The number of rotatable bonds is 16. The van der Waals surface area contributed by atoms with E-state index in [0.29, 0.717) is 59.6 Å². The molecule has 22 nitrogen and oxygen atoms in total. The molecule has 0 radical (unpaired) electrons. The molecule has 0 aromatic heterocycles. The highest BCUT2D eigenvalue weighted by atomic mass is 32.3. The van der Waals surface area contributed by atoms with E-state index < -0.39 is 65.1 Å². The van der Waals surface area contributed by atoms with Gasteiger partial charge in [-0.15, -0.1) is 8.42 Å². The molecule has 1 saturated heterocycles. The zero-order valence-electron chi connectivity index (χ0n) is 43.8. The second kappa shape index (κ2) is 22.5. The lowest BCUT2D eigenvalue weighted by Gasteiger charge is -2.39. The summed E-state index contributed by atoms with van der Waals surface area (Å²) in [6.07, 6.45) is -3.93. The van der Waals surface area contributed by atoms with Crippen molar-refractivity contribution in [2.24, 2.45) is 9.98 Å². The van der Waals surface area contributed by atoms with E-state index in [9.17, 15) is 43.2 Å². The number of benzene rings is 6. The number of aliphatic imine (C=N–C) groups is 2. The van der Waals surface area contributed by atoms with E-state index in [1.165, 1.54) is 39.5 Å². The lowest BCUT2D eigenvalue weighted by atomic mass is 9.94. The first-order valence-electron chi connectivity index (χ1n) is 25.7. The van der Waals surface area contributed by atoms with Gasteiger partial charge in [-0.1, -0.05) is 48.5 Å². The summed E-state index contributed by atoms with van der Waals surface area (Å²) in [6.45, 7) is -0.460. The number of amides is 3. The minimum Gasteiger partial charge on any atom is -0.493 e. The molecule has 81 heavy (non-hydrogen) atoms. The number of fused-ring (bicyclic) bond motifs is 6. The van der Waals surface area contributed by atoms with Gasteiger partial charge in [0, 0.05) is 50.3 Å². The molecular formula is C58H55N5O17S. The highest BCUT2D eigenvalue weighted by Gasteiger charge is 2.45. The molecule has 1 unspecified atom stereocenters. The van der Waals surface area contributed by atoms with Crippen LogP contribution in [0.2, 0.25) is 0 Å². The molecule has 0 aliphatic carbocycles. The van der Waals surface area contributed by atoms with Crippen molar-refractivity contribution in [1.29, 1.82) is 0 Å². The van der Waals surface area contributed by atoms with E-state index in [1.54, 1.807) is 52.6 Å². The van der Waals surface area contributed by atoms with Crippen LogP contribution in [0.15, 0.2) is 119 Å². The number of hydrogen-bond donors (Lipinski definition) is 5. The number of ether oxygens (including phenoxy) is 6. The Morgan fingerprint density at radius 1 is 0.642 bits per heavy atom. The van der Waals surface area contributed by atoms with Crippen molar-refractivity contribution in [1.82, 2.24) is 15.1 Å². The van der Waals surface area contributed by atoms with E-state index in [2.05, 4.69) is 5.32 Å². The second-order valence-corrected chi connectivity index (χ2v) is 20.9. The largest absolute Gasteiger partial charge is 0.501 e. The predicted molar refractivity (Wildman–Crippen MR) is 289 cm³/mol. The highest BCUT2D eigenvalue weighted by Crippen LogP contribution is 2.42. The molecular weight excluding hydrogens is 1070 g/mol. The smallest absolute Gasteiger partial charge is 0.493 e. The van der Waals surface area contributed by atoms with Crippen LogP contribution in [0.1, 0.15) is 64.5 Å². The molecule has 11 rings (SSSR count). The van der Waals surface area contributed by atoms with E-state index >= 15 is 0 Å². The minimum atomic E-state index is -5.20. The quantitative estimate of drug-likeness (QED) is 0.0880. The maximum absolute atomic E-state index is 14.1. The number of hydrogen-bond acceptors (Lipinski definition) is 19. The van der Waals surface area contributed by atoms with E-state index in [4.69, 9.17) is 46.8 Å². The van der Waals surface area contributed by atoms with Gasteiger partial charge in [-0.3, -0.25) is 24.4 Å². The molecule has 1 fully saturated rings. The average molecular weight is 1130 g/mol. The first-order chi connectivity index (χ1) is 39.1. The summed E-state index contributed by atoms with van der Waals surface area (Å²) in [5, 5.41) is 43.7. The highest BCUT2D eigenvalue weighted by molar-refractivity contribution is 7.82. The van der Waals surface area contributed by atoms with Gasteiger partial charge in [0.15, 0.2) is 34.5 Å². The summed E-state index contributed by atoms with van der Waals surface area (Å²) in [5.41, 5.74) is 6.26. The van der Waals surface area contributed by atoms with Crippen molar-refractivity contribution >= 4 is 51.9 Å². The summed E-state index contributed by atoms with van der Waals surface area (Å²) in [5.74, 6) is -1.60. The number of methoxy groups -OCH3 is 2. The van der Waals surface area contributed by atoms with Crippen molar-refractivity contribution in [2.75, 3.05) is 27.9 Å². The second-order valence-electron chi connectivity index (χ2n) is 19.7. The number of carbonyl (C=O) groups is 3. The van der Waals surface area contributed by atoms with Gasteiger partial charge < -0.3 is 72.3 Å². The van der Waals surface area contributed by atoms with Crippen molar-refractivity contribution in [3.05, 3.63) is 159 Å². The fraction of sp³-hybridized carbons (Fsp3) is 0.293. The molecule has 5 aliphatic heterocycles. The molecule has 5 heterocycles. The van der Waals surface area contributed by atoms with Crippen LogP contribution in [0, 0.1) is 0 Å². The third-order valence-electron chi connectivity index (χ3n) is 14.6. The Kier molecular flexibility index (Phi) is 15.1. The molecule has 0 spiro atoms. The van der Waals surface area contributed by atoms with Gasteiger partial charge >= 0.3 is 10.4 Å². The van der Waals surface area contributed by atoms with E-state index in [1.807, 2.05) is 48.5 Å². The minimum absolute atomic E-state index is 0.0862. The Morgan fingerprint density at radius 3 is 1.68 bits per heavy atom. The third-order valence-corrected chi connectivity index (χ3v) is 15.4. The van der Waals surface area contributed by atoms with E-state index in [0.717, 1.165) is 34.4 Å². The molecule has 6 aromatic rings. The molecule has 23 heteroatoms. The first-order valence-corrected chi connectivity index (χ1v) is 27.1. The van der Waals surface area contributed by atoms with Gasteiger partial charge in [-0.2, -0.15) is 0 Å². The van der Waals surface area contributed by atoms with Gasteiger partial charge in [0.1, 0.15) is 43.4 Å². The summed E-state index contributed by atoms with van der Waals surface area (Å²) >= 11 is 0. The predicted octanol–water partition coefficient (Wildman–Crippen LogP) is 4.67. The van der Waals surface area contributed by atoms with Crippen LogP contribution in [0.4, 0.5) is 11.4 Å². The van der Waals surface area contributed by atoms with Crippen LogP contribution in [0.5, 0.6) is 40.2 Å². The Bertz CT molecular complexity index is 3470.